The van der Waals surface area contributed by atoms with Gasteiger partial charge in [0.2, 0.25) is 0 Å². The molecule has 2 aliphatic heterocycles. The van der Waals surface area contributed by atoms with Gasteiger partial charge in [-0.3, -0.25) is 4.90 Å². The Morgan fingerprint density at radius 1 is 1.27 bits per heavy atom. The van der Waals surface area contributed by atoms with Gasteiger partial charge in [0.1, 0.15) is 11.9 Å². The van der Waals surface area contributed by atoms with Gasteiger partial charge in [-0.1, -0.05) is 6.92 Å². The number of nitrogens with zero attached hydrogens (tertiary/aromatic N) is 3. The third kappa shape index (κ3) is 2.88. The Bertz CT molecular complexity index is 558. The summed E-state index contributed by atoms with van der Waals surface area (Å²) in [5, 5.41) is 0. The van der Waals surface area contributed by atoms with Gasteiger partial charge in [-0.25, -0.2) is 9.18 Å². The molecular weight excluding hydrogens is 285 g/mol. The molecule has 0 aromatic heterocycles. The number of hydrogen-bond acceptors (Lipinski definition) is 4. The summed E-state index contributed by atoms with van der Waals surface area (Å²) in [4.78, 5) is 17.6. The molecule has 0 N–H and O–H groups in total. The van der Waals surface area contributed by atoms with Crippen LogP contribution in [-0.4, -0.2) is 56.9 Å². The molecule has 1 atom stereocenters. The first-order chi connectivity index (χ1) is 10.6. The number of likely N-dealkylation sites (N-methyl/N-ethyl adjacent to an activating group) is 1. The van der Waals surface area contributed by atoms with E-state index in [1.165, 1.54) is 11.0 Å². The van der Waals surface area contributed by atoms with Crippen LogP contribution in [0.4, 0.5) is 20.6 Å². The van der Waals surface area contributed by atoms with E-state index in [4.69, 9.17) is 4.74 Å². The van der Waals surface area contributed by atoms with Gasteiger partial charge in [0.05, 0.1) is 17.9 Å². The van der Waals surface area contributed by atoms with Crippen molar-refractivity contribution in [3.05, 3.63) is 24.0 Å². The number of carbonyl (C=O) groups is 1. The van der Waals surface area contributed by atoms with Gasteiger partial charge in [-0.05, 0) is 31.7 Å². The van der Waals surface area contributed by atoms with Crippen LogP contribution in [0, 0.1) is 5.82 Å². The van der Waals surface area contributed by atoms with Crippen molar-refractivity contribution in [3.63, 3.8) is 0 Å². The first-order valence-corrected chi connectivity index (χ1v) is 7.79. The standard InChI is InChI=1S/C16H22FN3O2/c1-3-13-11-20(16(21)22-13)12-4-5-15(14(17)10-12)19-8-6-18(2)7-9-19/h4-5,10,13H,3,6-9,11H2,1-2H3. The number of benzene rings is 1. The SMILES string of the molecule is CCC1CN(c2ccc(N3CCN(C)CC3)c(F)c2)C(=O)O1. The van der Waals surface area contributed by atoms with E-state index in [-0.39, 0.29) is 11.9 Å². The second-order valence-electron chi connectivity index (χ2n) is 5.95. The maximum absolute atomic E-state index is 14.5. The second kappa shape index (κ2) is 6.12. The maximum Gasteiger partial charge on any atom is 0.414 e. The van der Waals surface area contributed by atoms with Crippen molar-refractivity contribution in [1.29, 1.82) is 0 Å². The summed E-state index contributed by atoms with van der Waals surface area (Å²) in [5.41, 5.74) is 1.17. The van der Waals surface area contributed by atoms with E-state index in [1.54, 1.807) is 12.1 Å². The first-order valence-electron chi connectivity index (χ1n) is 7.79. The molecule has 5 nitrogen and oxygen atoms in total. The fourth-order valence-electron chi connectivity index (χ4n) is 2.91. The largest absolute Gasteiger partial charge is 0.444 e. The minimum Gasteiger partial charge on any atom is -0.444 e. The van der Waals surface area contributed by atoms with Crippen molar-refractivity contribution in [2.45, 2.75) is 19.4 Å². The van der Waals surface area contributed by atoms with Crippen LogP contribution in [0.1, 0.15) is 13.3 Å². The maximum atomic E-state index is 14.5. The lowest BCUT2D eigenvalue weighted by Crippen LogP contribution is -2.44. The predicted octanol–water partition coefficient (Wildman–Crippen LogP) is 2.31. The van der Waals surface area contributed by atoms with Crippen LogP contribution in [0.3, 0.4) is 0 Å². The minimum atomic E-state index is -0.390. The molecule has 0 saturated carbocycles. The first kappa shape index (κ1) is 15.1. The molecule has 0 radical (unpaired) electrons. The molecule has 1 unspecified atom stereocenters. The summed E-state index contributed by atoms with van der Waals surface area (Å²) < 4.78 is 19.7. The Hall–Kier alpha value is -1.82. The number of cyclic esters (lactones) is 1. The number of piperazine rings is 1. The van der Waals surface area contributed by atoms with Crippen LogP contribution in [0.2, 0.25) is 0 Å². The molecule has 22 heavy (non-hydrogen) atoms. The van der Waals surface area contributed by atoms with Gasteiger partial charge < -0.3 is 14.5 Å². The van der Waals surface area contributed by atoms with E-state index in [0.717, 1.165) is 32.6 Å². The smallest absolute Gasteiger partial charge is 0.414 e. The highest BCUT2D eigenvalue weighted by Crippen LogP contribution is 2.28. The second-order valence-corrected chi connectivity index (χ2v) is 5.95. The van der Waals surface area contributed by atoms with Gasteiger partial charge in [-0.15, -0.1) is 0 Å². The van der Waals surface area contributed by atoms with Crippen LogP contribution in [0.15, 0.2) is 18.2 Å². The van der Waals surface area contributed by atoms with E-state index in [9.17, 15) is 9.18 Å². The molecule has 2 aliphatic rings. The minimum absolute atomic E-state index is 0.104. The quantitative estimate of drug-likeness (QED) is 0.858. The monoisotopic (exact) mass is 307 g/mol. The summed E-state index contributed by atoms with van der Waals surface area (Å²) in [6.45, 7) is 5.95. The van der Waals surface area contributed by atoms with Crippen molar-refractivity contribution < 1.29 is 13.9 Å². The number of anilines is 2. The van der Waals surface area contributed by atoms with Gasteiger partial charge in [0, 0.05) is 26.2 Å². The normalized spacial score (nSPS) is 23.0. The molecule has 6 heteroatoms. The van der Waals surface area contributed by atoms with E-state index in [1.807, 2.05) is 6.92 Å². The predicted molar refractivity (Wildman–Crippen MR) is 84.0 cm³/mol. The average Bonchev–Trinajstić information content (AvgIpc) is 2.89. The Kier molecular flexibility index (Phi) is 4.20. The highest BCUT2D eigenvalue weighted by molar-refractivity contribution is 5.90. The number of ether oxygens (including phenoxy) is 1. The Labute approximate surface area is 130 Å². The van der Waals surface area contributed by atoms with E-state index < -0.39 is 6.09 Å². The molecule has 0 bridgehead atoms. The molecule has 3 rings (SSSR count). The molecule has 0 aliphatic carbocycles. The van der Waals surface area contributed by atoms with Gasteiger partial charge in [0.15, 0.2) is 0 Å². The van der Waals surface area contributed by atoms with Crippen molar-refractivity contribution in [1.82, 2.24) is 4.90 Å². The average molecular weight is 307 g/mol. The number of amides is 1. The van der Waals surface area contributed by atoms with Crippen LogP contribution in [0.5, 0.6) is 0 Å². The van der Waals surface area contributed by atoms with Gasteiger partial charge >= 0.3 is 6.09 Å². The molecule has 2 fully saturated rings. The lowest BCUT2D eigenvalue weighted by Gasteiger charge is -2.34. The van der Waals surface area contributed by atoms with Crippen molar-refractivity contribution in [3.8, 4) is 0 Å². The molecular formula is C16H22FN3O2. The topological polar surface area (TPSA) is 36.0 Å². The molecule has 1 amide bonds. The zero-order valence-electron chi connectivity index (χ0n) is 13.1. The number of hydrogen-bond donors (Lipinski definition) is 0. The van der Waals surface area contributed by atoms with Crippen molar-refractivity contribution in [2.24, 2.45) is 0 Å². The van der Waals surface area contributed by atoms with Crippen molar-refractivity contribution in [2.75, 3.05) is 49.6 Å². The molecule has 1 aromatic carbocycles. The Morgan fingerprint density at radius 2 is 2.00 bits per heavy atom. The number of rotatable bonds is 3. The Balaban J connectivity index is 1.76. The summed E-state index contributed by atoms with van der Waals surface area (Å²) in [6.07, 6.45) is 0.274. The lowest BCUT2D eigenvalue weighted by atomic mass is 10.2. The summed E-state index contributed by atoms with van der Waals surface area (Å²) in [5.74, 6) is -0.283. The van der Waals surface area contributed by atoms with E-state index in [0.29, 0.717) is 17.9 Å². The van der Waals surface area contributed by atoms with Gasteiger partial charge in [0.25, 0.3) is 0 Å². The third-order valence-corrected chi connectivity index (χ3v) is 4.42. The van der Waals surface area contributed by atoms with Crippen LogP contribution >= 0.6 is 0 Å². The molecule has 2 saturated heterocycles. The third-order valence-electron chi connectivity index (χ3n) is 4.42. The van der Waals surface area contributed by atoms with Crippen LogP contribution in [0.25, 0.3) is 0 Å². The zero-order chi connectivity index (χ0) is 15.7. The lowest BCUT2D eigenvalue weighted by molar-refractivity contribution is 0.139. The zero-order valence-corrected chi connectivity index (χ0v) is 13.1. The van der Waals surface area contributed by atoms with Crippen LogP contribution < -0.4 is 9.80 Å². The highest BCUT2D eigenvalue weighted by atomic mass is 19.1. The summed E-state index contributed by atoms with van der Waals surface area (Å²) >= 11 is 0. The van der Waals surface area contributed by atoms with Gasteiger partial charge in [-0.2, -0.15) is 0 Å². The molecule has 2 heterocycles. The highest BCUT2D eigenvalue weighted by Gasteiger charge is 2.31. The summed E-state index contributed by atoms with van der Waals surface area (Å²) in [7, 11) is 2.07. The molecule has 0 spiro atoms. The number of carbonyl (C=O) groups excluding carboxylic acids is 1. The fourth-order valence-corrected chi connectivity index (χ4v) is 2.91. The number of halogens is 1. The molecule has 1 aromatic rings. The molecule has 120 valence electrons. The van der Waals surface area contributed by atoms with Crippen molar-refractivity contribution >= 4 is 17.5 Å². The van der Waals surface area contributed by atoms with Crippen LogP contribution in [-0.2, 0) is 4.74 Å². The van der Waals surface area contributed by atoms with E-state index >= 15 is 0 Å². The fraction of sp³-hybridized carbons (Fsp3) is 0.562. The Morgan fingerprint density at radius 3 is 2.59 bits per heavy atom. The van der Waals surface area contributed by atoms with E-state index in [2.05, 4.69) is 16.8 Å². The summed E-state index contributed by atoms with van der Waals surface area (Å²) in [6, 6.07) is 5.01.